The lowest BCUT2D eigenvalue weighted by Gasteiger charge is -1.91. The van der Waals surface area contributed by atoms with Gasteiger partial charge in [0.05, 0.1) is 6.07 Å². The Bertz CT molecular complexity index is 310. The number of hydrogen-bond donors (Lipinski definition) is 0. The van der Waals surface area contributed by atoms with E-state index in [4.69, 9.17) is 5.26 Å². The third-order valence-corrected chi connectivity index (χ3v) is 1.69. The molecule has 0 aliphatic rings. The highest BCUT2D eigenvalue weighted by Gasteiger charge is 1.86. The molecule has 1 nitrogen and oxygen atoms in total. The fourth-order valence-corrected chi connectivity index (χ4v) is 1.16. The maximum absolute atomic E-state index is 8.25. The highest BCUT2D eigenvalue weighted by atomic mass is 79.9. The SMILES string of the molecule is N#C/C=C\c1cccc(Br)c1. The van der Waals surface area contributed by atoms with Gasteiger partial charge in [0.15, 0.2) is 0 Å². The van der Waals surface area contributed by atoms with Crippen molar-refractivity contribution >= 4 is 22.0 Å². The van der Waals surface area contributed by atoms with E-state index in [0.717, 1.165) is 10.0 Å². The fourth-order valence-electron chi connectivity index (χ4n) is 0.744. The quantitative estimate of drug-likeness (QED) is 0.650. The molecule has 0 fully saturated rings. The van der Waals surface area contributed by atoms with Gasteiger partial charge in [0, 0.05) is 10.5 Å². The lowest BCUT2D eigenvalue weighted by Crippen LogP contribution is -1.69. The summed E-state index contributed by atoms with van der Waals surface area (Å²) in [5.74, 6) is 0. The maximum Gasteiger partial charge on any atom is 0.0912 e. The minimum absolute atomic E-state index is 1.03. The summed E-state index contributed by atoms with van der Waals surface area (Å²) in [6, 6.07) is 9.71. The van der Waals surface area contributed by atoms with Crippen LogP contribution in [0.25, 0.3) is 6.08 Å². The average Bonchev–Trinajstić information content (AvgIpc) is 2.01. The Morgan fingerprint density at radius 3 is 2.91 bits per heavy atom. The van der Waals surface area contributed by atoms with Crippen LogP contribution < -0.4 is 0 Å². The average molecular weight is 208 g/mol. The number of benzene rings is 1. The smallest absolute Gasteiger partial charge is 0.0912 e. The molecule has 1 rings (SSSR count). The number of halogens is 1. The first-order valence-electron chi connectivity index (χ1n) is 3.14. The Morgan fingerprint density at radius 2 is 2.27 bits per heavy atom. The van der Waals surface area contributed by atoms with Gasteiger partial charge in [-0.3, -0.25) is 0 Å². The molecule has 1 aromatic rings. The van der Waals surface area contributed by atoms with Gasteiger partial charge in [-0.15, -0.1) is 0 Å². The number of hydrogen-bond acceptors (Lipinski definition) is 1. The highest BCUT2D eigenvalue weighted by Crippen LogP contribution is 2.12. The Balaban J connectivity index is 2.90. The van der Waals surface area contributed by atoms with Crippen LogP contribution in [0.3, 0.4) is 0 Å². The molecule has 0 spiro atoms. The number of allylic oxidation sites excluding steroid dienone is 1. The van der Waals surface area contributed by atoms with E-state index in [1.54, 1.807) is 6.08 Å². The normalized spacial score (nSPS) is 9.82. The van der Waals surface area contributed by atoms with Crippen LogP contribution in [0.4, 0.5) is 0 Å². The Hall–Kier alpha value is -1.07. The number of nitriles is 1. The third-order valence-electron chi connectivity index (χ3n) is 1.20. The van der Waals surface area contributed by atoms with Gasteiger partial charge in [-0.25, -0.2) is 0 Å². The molecule has 0 atom stereocenters. The van der Waals surface area contributed by atoms with Crippen LogP contribution in [0.5, 0.6) is 0 Å². The zero-order valence-electron chi connectivity index (χ0n) is 5.79. The largest absolute Gasteiger partial charge is 0.193 e. The highest BCUT2D eigenvalue weighted by molar-refractivity contribution is 9.10. The topological polar surface area (TPSA) is 23.8 Å². The van der Waals surface area contributed by atoms with Gasteiger partial charge in [0.25, 0.3) is 0 Å². The summed E-state index contributed by atoms with van der Waals surface area (Å²) in [5.41, 5.74) is 1.03. The molecular formula is C9H6BrN. The van der Waals surface area contributed by atoms with Crippen molar-refractivity contribution in [3.8, 4) is 6.07 Å². The van der Waals surface area contributed by atoms with Crippen LogP contribution in [0, 0.1) is 11.3 Å². The Labute approximate surface area is 74.1 Å². The van der Waals surface area contributed by atoms with Crippen LogP contribution in [-0.2, 0) is 0 Å². The fraction of sp³-hybridized carbons (Fsp3) is 0. The van der Waals surface area contributed by atoms with Crippen molar-refractivity contribution in [2.24, 2.45) is 0 Å². The summed E-state index contributed by atoms with van der Waals surface area (Å²) in [4.78, 5) is 0. The molecule has 0 aliphatic heterocycles. The zero-order chi connectivity index (χ0) is 8.10. The summed E-state index contributed by atoms with van der Waals surface area (Å²) in [7, 11) is 0. The van der Waals surface area contributed by atoms with Gasteiger partial charge in [-0.1, -0.05) is 28.1 Å². The molecule has 0 bridgehead atoms. The first-order valence-corrected chi connectivity index (χ1v) is 3.94. The van der Waals surface area contributed by atoms with Gasteiger partial charge in [0.1, 0.15) is 0 Å². The molecule has 11 heavy (non-hydrogen) atoms. The molecule has 0 radical (unpaired) electrons. The summed E-state index contributed by atoms with van der Waals surface area (Å²) in [5, 5.41) is 8.25. The van der Waals surface area contributed by atoms with E-state index >= 15 is 0 Å². The molecule has 54 valence electrons. The van der Waals surface area contributed by atoms with E-state index < -0.39 is 0 Å². The second kappa shape index (κ2) is 3.95. The lowest BCUT2D eigenvalue weighted by molar-refractivity contribution is 1.53. The molecule has 2 heteroatoms. The second-order valence-electron chi connectivity index (χ2n) is 2.02. The minimum Gasteiger partial charge on any atom is -0.193 e. The molecule has 0 heterocycles. The van der Waals surface area contributed by atoms with Gasteiger partial charge < -0.3 is 0 Å². The van der Waals surface area contributed by atoms with Crippen molar-refractivity contribution in [1.82, 2.24) is 0 Å². The van der Waals surface area contributed by atoms with Gasteiger partial charge in [0.2, 0.25) is 0 Å². The predicted octanol–water partition coefficient (Wildman–Crippen LogP) is 2.99. The van der Waals surface area contributed by atoms with Crippen LogP contribution in [0.15, 0.2) is 34.8 Å². The summed E-state index contributed by atoms with van der Waals surface area (Å²) in [6.07, 6.45) is 3.23. The van der Waals surface area contributed by atoms with E-state index in [2.05, 4.69) is 15.9 Å². The zero-order valence-corrected chi connectivity index (χ0v) is 7.38. The van der Waals surface area contributed by atoms with Crippen molar-refractivity contribution < 1.29 is 0 Å². The van der Waals surface area contributed by atoms with E-state index in [9.17, 15) is 0 Å². The van der Waals surface area contributed by atoms with E-state index in [1.165, 1.54) is 6.08 Å². The van der Waals surface area contributed by atoms with E-state index in [1.807, 2.05) is 30.3 Å². The third kappa shape index (κ3) is 2.57. The molecule has 1 aromatic carbocycles. The van der Waals surface area contributed by atoms with Crippen molar-refractivity contribution in [2.45, 2.75) is 0 Å². The lowest BCUT2D eigenvalue weighted by atomic mass is 10.2. The standard InChI is InChI=1S/C9H6BrN/c10-9-5-1-3-8(7-9)4-2-6-11/h1-5,7H/b4-2-. The predicted molar refractivity (Wildman–Crippen MR) is 48.8 cm³/mol. The molecule has 0 aromatic heterocycles. The number of nitrogens with zero attached hydrogens (tertiary/aromatic N) is 1. The van der Waals surface area contributed by atoms with Crippen LogP contribution >= 0.6 is 15.9 Å². The van der Waals surface area contributed by atoms with E-state index in [0.29, 0.717) is 0 Å². The first-order chi connectivity index (χ1) is 5.33. The molecule has 0 N–H and O–H groups in total. The molecule has 0 amide bonds. The Morgan fingerprint density at radius 1 is 1.45 bits per heavy atom. The van der Waals surface area contributed by atoms with Crippen molar-refractivity contribution in [2.75, 3.05) is 0 Å². The number of rotatable bonds is 1. The van der Waals surface area contributed by atoms with Gasteiger partial charge in [-0.05, 0) is 23.8 Å². The van der Waals surface area contributed by atoms with Crippen LogP contribution in [0.2, 0.25) is 0 Å². The molecule has 0 saturated heterocycles. The van der Waals surface area contributed by atoms with Crippen molar-refractivity contribution in [3.05, 3.63) is 40.4 Å². The molecule has 0 aliphatic carbocycles. The molecular weight excluding hydrogens is 202 g/mol. The molecule has 0 saturated carbocycles. The Kier molecular flexibility index (Phi) is 2.88. The minimum atomic E-state index is 1.03. The van der Waals surface area contributed by atoms with Gasteiger partial charge >= 0.3 is 0 Å². The summed E-state index contributed by atoms with van der Waals surface area (Å²) in [6.45, 7) is 0. The van der Waals surface area contributed by atoms with Gasteiger partial charge in [-0.2, -0.15) is 5.26 Å². The second-order valence-corrected chi connectivity index (χ2v) is 2.93. The van der Waals surface area contributed by atoms with Crippen LogP contribution in [0.1, 0.15) is 5.56 Å². The first kappa shape index (κ1) is 8.03. The monoisotopic (exact) mass is 207 g/mol. The molecule has 0 unspecified atom stereocenters. The van der Waals surface area contributed by atoms with Crippen LogP contribution in [-0.4, -0.2) is 0 Å². The summed E-state index contributed by atoms with van der Waals surface area (Å²) >= 11 is 3.34. The summed E-state index contributed by atoms with van der Waals surface area (Å²) < 4.78 is 1.03. The maximum atomic E-state index is 8.25. The van der Waals surface area contributed by atoms with E-state index in [-0.39, 0.29) is 0 Å². The van der Waals surface area contributed by atoms with Crippen molar-refractivity contribution in [1.29, 1.82) is 5.26 Å². The van der Waals surface area contributed by atoms with Crippen molar-refractivity contribution in [3.63, 3.8) is 0 Å².